The first-order valence-corrected chi connectivity index (χ1v) is 6.82. The third kappa shape index (κ3) is 1.80. The lowest BCUT2D eigenvalue weighted by Crippen LogP contribution is -1.92. The first-order valence-electron chi connectivity index (χ1n) is 5.21. The highest BCUT2D eigenvalue weighted by Crippen LogP contribution is 2.34. The molecule has 0 aliphatic rings. The fraction of sp³-hybridized carbons (Fsp3) is 0.0833. The van der Waals surface area contributed by atoms with Crippen LogP contribution in [-0.4, -0.2) is 9.97 Å². The van der Waals surface area contributed by atoms with E-state index < -0.39 is 0 Å². The predicted molar refractivity (Wildman–Crippen MR) is 75.0 cm³/mol. The van der Waals surface area contributed by atoms with E-state index in [0.29, 0.717) is 6.54 Å². The maximum atomic E-state index is 5.66. The number of nitrogens with two attached hydrogens (primary N) is 1. The molecule has 0 fully saturated rings. The SMILES string of the molecule is NCc1sc(-c2c[nH]c3ccccc23)nc1Br. The van der Waals surface area contributed by atoms with Gasteiger partial charge in [0.2, 0.25) is 0 Å². The summed E-state index contributed by atoms with van der Waals surface area (Å²) in [7, 11) is 0. The minimum atomic E-state index is 0.514. The Morgan fingerprint density at radius 3 is 2.94 bits per heavy atom. The Bertz CT molecular complexity index is 671. The molecule has 0 aliphatic carbocycles. The van der Waals surface area contributed by atoms with E-state index in [2.05, 4.69) is 38.0 Å². The van der Waals surface area contributed by atoms with Crippen LogP contribution in [0, 0.1) is 0 Å². The third-order valence-corrected chi connectivity index (χ3v) is 4.68. The van der Waals surface area contributed by atoms with Crippen LogP contribution in [0.4, 0.5) is 0 Å². The standard InChI is InChI=1S/C12H10BrN3S/c13-11-10(5-14)17-12(16-11)8-6-15-9-4-2-1-3-7(8)9/h1-4,6,15H,5,14H2. The number of nitrogens with one attached hydrogen (secondary N) is 1. The van der Waals surface area contributed by atoms with Gasteiger partial charge in [0.1, 0.15) is 9.61 Å². The van der Waals surface area contributed by atoms with Crippen LogP contribution in [0.25, 0.3) is 21.5 Å². The Labute approximate surface area is 111 Å². The molecule has 17 heavy (non-hydrogen) atoms. The Balaban J connectivity index is 2.20. The molecule has 0 radical (unpaired) electrons. The van der Waals surface area contributed by atoms with E-state index in [1.165, 1.54) is 5.39 Å². The van der Waals surface area contributed by atoms with Gasteiger partial charge in [0.15, 0.2) is 0 Å². The van der Waals surface area contributed by atoms with Crippen molar-refractivity contribution in [2.24, 2.45) is 5.73 Å². The number of halogens is 1. The van der Waals surface area contributed by atoms with E-state index in [4.69, 9.17) is 5.73 Å². The third-order valence-electron chi connectivity index (χ3n) is 2.65. The summed E-state index contributed by atoms with van der Waals surface area (Å²) in [4.78, 5) is 8.84. The molecule has 0 saturated carbocycles. The lowest BCUT2D eigenvalue weighted by molar-refractivity contribution is 1.08. The summed E-state index contributed by atoms with van der Waals surface area (Å²) in [6, 6.07) is 8.21. The topological polar surface area (TPSA) is 54.7 Å². The summed E-state index contributed by atoms with van der Waals surface area (Å²) >= 11 is 5.07. The molecule has 3 N–H and O–H groups in total. The van der Waals surface area contributed by atoms with Crippen molar-refractivity contribution in [3.63, 3.8) is 0 Å². The number of thiazole rings is 1. The van der Waals surface area contributed by atoms with E-state index in [0.717, 1.165) is 25.6 Å². The first kappa shape index (κ1) is 11.0. The summed E-state index contributed by atoms with van der Waals surface area (Å²) in [5.74, 6) is 0. The van der Waals surface area contributed by atoms with Crippen molar-refractivity contribution in [3.05, 3.63) is 39.9 Å². The zero-order valence-electron chi connectivity index (χ0n) is 8.90. The number of rotatable bonds is 2. The first-order chi connectivity index (χ1) is 8.29. The summed E-state index contributed by atoms with van der Waals surface area (Å²) in [5.41, 5.74) is 7.92. The lowest BCUT2D eigenvalue weighted by atomic mass is 10.2. The number of aromatic nitrogens is 2. The van der Waals surface area contributed by atoms with Gasteiger partial charge in [-0.3, -0.25) is 0 Å². The van der Waals surface area contributed by atoms with Crippen LogP contribution in [-0.2, 0) is 6.54 Å². The normalized spacial score (nSPS) is 11.2. The Kier molecular flexibility index (Phi) is 2.74. The molecule has 0 aliphatic heterocycles. The fourth-order valence-electron chi connectivity index (χ4n) is 1.82. The van der Waals surface area contributed by atoms with Crippen molar-refractivity contribution < 1.29 is 0 Å². The molecule has 86 valence electrons. The van der Waals surface area contributed by atoms with Crippen molar-refractivity contribution in [1.82, 2.24) is 9.97 Å². The van der Waals surface area contributed by atoms with Gasteiger partial charge < -0.3 is 10.7 Å². The van der Waals surface area contributed by atoms with Gasteiger partial charge >= 0.3 is 0 Å². The van der Waals surface area contributed by atoms with Crippen LogP contribution < -0.4 is 5.73 Å². The Hall–Kier alpha value is -1.17. The van der Waals surface area contributed by atoms with Crippen LogP contribution in [0.3, 0.4) is 0 Å². The number of hydrogen-bond acceptors (Lipinski definition) is 3. The van der Waals surface area contributed by atoms with Crippen LogP contribution in [0.5, 0.6) is 0 Å². The van der Waals surface area contributed by atoms with Crippen molar-refractivity contribution in [1.29, 1.82) is 0 Å². The average Bonchev–Trinajstić information content (AvgIpc) is 2.92. The summed E-state index contributed by atoms with van der Waals surface area (Å²) in [6.45, 7) is 0.514. The number of aromatic amines is 1. The molecule has 2 aromatic heterocycles. The molecule has 5 heteroatoms. The highest BCUT2D eigenvalue weighted by Gasteiger charge is 2.12. The molecule has 1 aromatic carbocycles. The fourth-order valence-corrected chi connectivity index (χ4v) is 3.38. The van der Waals surface area contributed by atoms with E-state index >= 15 is 0 Å². The predicted octanol–water partition coefficient (Wildman–Crippen LogP) is 3.51. The van der Waals surface area contributed by atoms with Gasteiger partial charge in [-0.25, -0.2) is 4.98 Å². The molecule has 3 rings (SSSR count). The second-order valence-electron chi connectivity index (χ2n) is 3.69. The van der Waals surface area contributed by atoms with E-state index in [-0.39, 0.29) is 0 Å². The number of benzene rings is 1. The van der Waals surface area contributed by atoms with Crippen LogP contribution in [0.15, 0.2) is 35.1 Å². The highest BCUT2D eigenvalue weighted by atomic mass is 79.9. The van der Waals surface area contributed by atoms with Gasteiger partial charge in [0.25, 0.3) is 0 Å². The number of para-hydroxylation sites is 1. The largest absolute Gasteiger partial charge is 0.360 e. The maximum absolute atomic E-state index is 5.66. The summed E-state index contributed by atoms with van der Waals surface area (Å²) in [6.07, 6.45) is 2.00. The number of fused-ring (bicyclic) bond motifs is 1. The summed E-state index contributed by atoms with van der Waals surface area (Å²) < 4.78 is 0.852. The maximum Gasteiger partial charge on any atom is 0.127 e. The van der Waals surface area contributed by atoms with E-state index in [9.17, 15) is 0 Å². The van der Waals surface area contributed by atoms with Gasteiger partial charge in [-0.15, -0.1) is 11.3 Å². The van der Waals surface area contributed by atoms with Crippen molar-refractivity contribution in [3.8, 4) is 10.6 Å². The highest BCUT2D eigenvalue weighted by molar-refractivity contribution is 9.10. The second kappa shape index (κ2) is 4.25. The molecule has 2 heterocycles. The Morgan fingerprint density at radius 1 is 1.35 bits per heavy atom. The van der Waals surface area contributed by atoms with Crippen LogP contribution in [0.1, 0.15) is 4.88 Å². The molecule has 0 spiro atoms. The zero-order valence-corrected chi connectivity index (χ0v) is 11.3. The Morgan fingerprint density at radius 2 is 2.18 bits per heavy atom. The van der Waals surface area contributed by atoms with Crippen molar-refractivity contribution in [2.45, 2.75) is 6.54 Å². The van der Waals surface area contributed by atoms with E-state index in [1.807, 2.05) is 18.3 Å². The monoisotopic (exact) mass is 307 g/mol. The molecule has 3 nitrogen and oxygen atoms in total. The second-order valence-corrected chi connectivity index (χ2v) is 5.52. The summed E-state index contributed by atoms with van der Waals surface area (Å²) in [5, 5.41) is 2.19. The zero-order chi connectivity index (χ0) is 11.8. The minimum Gasteiger partial charge on any atom is -0.360 e. The van der Waals surface area contributed by atoms with Gasteiger partial charge in [-0.2, -0.15) is 0 Å². The molecule has 3 aromatic rings. The van der Waals surface area contributed by atoms with Gasteiger partial charge in [-0.05, 0) is 22.0 Å². The number of H-pyrrole nitrogens is 1. The quantitative estimate of drug-likeness (QED) is 0.761. The minimum absolute atomic E-state index is 0.514. The molecule has 0 unspecified atom stereocenters. The van der Waals surface area contributed by atoms with Gasteiger partial charge in [0.05, 0.1) is 4.88 Å². The van der Waals surface area contributed by atoms with Gasteiger partial charge in [0, 0.05) is 29.2 Å². The molecule has 0 amide bonds. The van der Waals surface area contributed by atoms with Crippen LogP contribution >= 0.6 is 27.3 Å². The lowest BCUT2D eigenvalue weighted by Gasteiger charge is -1.92. The smallest absolute Gasteiger partial charge is 0.127 e. The molecule has 0 saturated heterocycles. The van der Waals surface area contributed by atoms with Crippen molar-refractivity contribution in [2.75, 3.05) is 0 Å². The molecular formula is C12H10BrN3S. The molecule has 0 bridgehead atoms. The number of hydrogen-bond donors (Lipinski definition) is 2. The van der Waals surface area contributed by atoms with Crippen LogP contribution in [0.2, 0.25) is 0 Å². The molecule has 0 atom stereocenters. The van der Waals surface area contributed by atoms with Crippen molar-refractivity contribution >= 4 is 38.2 Å². The average molecular weight is 308 g/mol. The molecular weight excluding hydrogens is 298 g/mol. The van der Waals surface area contributed by atoms with Gasteiger partial charge in [-0.1, -0.05) is 18.2 Å². The van der Waals surface area contributed by atoms with E-state index in [1.54, 1.807) is 11.3 Å². The number of nitrogens with zero attached hydrogens (tertiary/aromatic N) is 1.